The van der Waals surface area contributed by atoms with Gasteiger partial charge in [0.15, 0.2) is 0 Å². The molecular formula is C6H7ClO2. The third-order valence-electron chi connectivity index (χ3n) is 0.559. The second-order valence-electron chi connectivity index (χ2n) is 1.38. The highest BCUT2D eigenvalue weighted by molar-refractivity contribution is 6.22. The van der Waals surface area contributed by atoms with E-state index >= 15 is 0 Å². The molecule has 50 valence electrons. The summed E-state index contributed by atoms with van der Waals surface area (Å²) < 4.78 is 4.23. The monoisotopic (exact) mass is 146 g/mol. The van der Waals surface area contributed by atoms with Crippen LogP contribution in [0.3, 0.4) is 0 Å². The topological polar surface area (TPSA) is 26.3 Å². The summed E-state index contributed by atoms with van der Waals surface area (Å²) in [6.07, 6.45) is 0. The molecule has 0 aromatic rings. The second-order valence-corrected chi connectivity index (χ2v) is 2.03. The summed E-state index contributed by atoms with van der Waals surface area (Å²) in [6.45, 7) is 1.68. The fourth-order valence-corrected chi connectivity index (χ4v) is 0.264. The Morgan fingerprint density at radius 1 is 1.78 bits per heavy atom. The lowest BCUT2D eigenvalue weighted by atomic mass is 10.4. The van der Waals surface area contributed by atoms with E-state index in [0.717, 1.165) is 0 Å². The van der Waals surface area contributed by atoms with E-state index in [1.54, 1.807) is 6.92 Å². The SMILES string of the molecule is COC(=O)C#CC(C)Cl. The van der Waals surface area contributed by atoms with Crippen molar-refractivity contribution in [1.29, 1.82) is 0 Å². The van der Waals surface area contributed by atoms with Gasteiger partial charge in [0.25, 0.3) is 0 Å². The van der Waals surface area contributed by atoms with Gasteiger partial charge < -0.3 is 4.74 Å². The molecule has 0 saturated carbocycles. The van der Waals surface area contributed by atoms with E-state index < -0.39 is 5.97 Å². The van der Waals surface area contributed by atoms with Crippen LogP contribution in [-0.2, 0) is 9.53 Å². The Bertz CT molecular complexity index is 152. The molecule has 1 atom stereocenters. The van der Waals surface area contributed by atoms with Gasteiger partial charge >= 0.3 is 5.97 Å². The first-order valence-corrected chi connectivity index (χ1v) is 2.84. The summed E-state index contributed by atoms with van der Waals surface area (Å²) in [7, 11) is 1.27. The summed E-state index contributed by atoms with van der Waals surface area (Å²) in [5, 5.41) is -0.302. The van der Waals surface area contributed by atoms with Crippen LogP contribution in [0, 0.1) is 11.8 Å². The Kier molecular flexibility index (Phi) is 3.90. The normalized spacial score (nSPS) is 11.0. The van der Waals surface area contributed by atoms with Crippen LogP contribution >= 0.6 is 11.6 Å². The Morgan fingerprint density at radius 3 is 2.67 bits per heavy atom. The first kappa shape index (κ1) is 8.32. The summed E-state index contributed by atoms with van der Waals surface area (Å²) in [6, 6.07) is 0. The molecule has 0 heterocycles. The molecule has 1 unspecified atom stereocenters. The highest BCUT2D eigenvalue weighted by Gasteiger charge is 1.90. The Labute approximate surface area is 59.1 Å². The zero-order valence-corrected chi connectivity index (χ0v) is 6.03. The van der Waals surface area contributed by atoms with Crippen LogP contribution in [-0.4, -0.2) is 18.5 Å². The van der Waals surface area contributed by atoms with E-state index in [4.69, 9.17) is 11.6 Å². The maximum absolute atomic E-state index is 10.3. The number of ether oxygens (including phenoxy) is 1. The van der Waals surface area contributed by atoms with E-state index in [2.05, 4.69) is 16.6 Å². The van der Waals surface area contributed by atoms with Crippen molar-refractivity contribution >= 4 is 17.6 Å². The largest absolute Gasteiger partial charge is 0.459 e. The van der Waals surface area contributed by atoms with Crippen LogP contribution in [0.4, 0.5) is 0 Å². The lowest BCUT2D eigenvalue weighted by molar-refractivity contribution is -0.133. The molecule has 9 heavy (non-hydrogen) atoms. The summed E-state index contributed by atoms with van der Waals surface area (Å²) in [5.74, 6) is 4.07. The number of carbonyl (C=O) groups is 1. The molecule has 0 amide bonds. The van der Waals surface area contributed by atoms with Crippen LogP contribution in [0.1, 0.15) is 6.92 Å². The van der Waals surface area contributed by atoms with E-state index in [-0.39, 0.29) is 5.38 Å². The summed E-state index contributed by atoms with van der Waals surface area (Å²) in [4.78, 5) is 10.3. The smallest absolute Gasteiger partial charge is 0.384 e. The number of hydrogen-bond donors (Lipinski definition) is 0. The lowest BCUT2D eigenvalue weighted by Crippen LogP contribution is -1.95. The van der Waals surface area contributed by atoms with Gasteiger partial charge in [-0.1, -0.05) is 5.92 Å². The van der Waals surface area contributed by atoms with Crippen molar-refractivity contribution in [2.75, 3.05) is 7.11 Å². The van der Waals surface area contributed by atoms with Crippen molar-refractivity contribution in [1.82, 2.24) is 0 Å². The summed E-state index contributed by atoms with van der Waals surface area (Å²) >= 11 is 5.40. The van der Waals surface area contributed by atoms with Crippen molar-refractivity contribution in [2.24, 2.45) is 0 Å². The molecule has 0 bridgehead atoms. The number of carbonyl (C=O) groups excluding carboxylic acids is 1. The van der Waals surface area contributed by atoms with Gasteiger partial charge in [0.2, 0.25) is 0 Å². The third kappa shape index (κ3) is 5.19. The molecule has 0 fully saturated rings. The molecule has 0 aliphatic carbocycles. The second kappa shape index (κ2) is 4.22. The van der Waals surface area contributed by atoms with Crippen molar-refractivity contribution in [2.45, 2.75) is 12.3 Å². The number of hydrogen-bond acceptors (Lipinski definition) is 2. The van der Waals surface area contributed by atoms with Crippen molar-refractivity contribution in [3.63, 3.8) is 0 Å². The molecule has 0 aliphatic rings. The Balaban J connectivity index is 3.73. The lowest BCUT2D eigenvalue weighted by Gasteiger charge is -1.85. The quantitative estimate of drug-likeness (QED) is 0.219. The fraction of sp³-hybridized carbons (Fsp3) is 0.500. The van der Waals surface area contributed by atoms with Crippen molar-refractivity contribution < 1.29 is 9.53 Å². The van der Waals surface area contributed by atoms with Crippen LogP contribution in [0.5, 0.6) is 0 Å². The number of halogens is 1. The molecule has 0 radical (unpaired) electrons. The van der Waals surface area contributed by atoms with Gasteiger partial charge in [-0.25, -0.2) is 4.79 Å². The van der Waals surface area contributed by atoms with Gasteiger partial charge in [-0.15, -0.1) is 11.6 Å². The number of methoxy groups -OCH3 is 1. The maximum Gasteiger partial charge on any atom is 0.384 e. The minimum absolute atomic E-state index is 0.302. The van der Waals surface area contributed by atoms with Crippen LogP contribution in [0.2, 0.25) is 0 Å². The zero-order valence-electron chi connectivity index (χ0n) is 5.27. The van der Waals surface area contributed by atoms with Crippen LogP contribution in [0.15, 0.2) is 0 Å². The van der Waals surface area contributed by atoms with E-state index in [0.29, 0.717) is 0 Å². The highest BCUT2D eigenvalue weighted by atomic mass is 35.5. The van der Waals surface area contributed by atoms with Crippen molar-refractivity contribution in [3.8, 4) is 11.8 Å². The Morgan fingerprint density at radius 2 is 2.33 bits per heavy atom. The molecule has 0 saturated heterocycles. The average molecular weight is 147 g/mol. The van der Waals surface area contributed by atoms with Crippen molar-refractivity contribution in [3.05, 3.63) is 0 Å². The van der Waals surface area contributed by atoms with Crippen LogP contribution in [0.25, 0.3) is 0 Å². The molecule has 0 aromatic heterocycles. The van der Waals surface area contributed by atoms with Gasteiger partial charge in [-0.2, -0.15) is 0 Å². The van der Waals surface area contributed by atoms with Gasteiger partial charge in [-0.05, 0) is 6.92 Å². The predicted molar refractivity (Wildman–Crippen MR) is 35.1 cm³/mol. The van der Waals surface area contributed by atoms with E-state index in [1.165, 1.54) is 7.11 Å². The Hall–Kier alpha value is -0.680. The minimum atomic E-state index is -0.553. The molecule has 0 aromatic carbocycles. The molecule has 3 heteroatoms. The van der Waals surface area contributed by atoms with Gasteiger partial charge in [0, 0.05) is 5.92 Å². The standard InChI is InChI=1S/C6H7ClO2/c1-5(7)3-4-6(8)9-2/h5H,1-2H3. The minimum Gasteiger partial charge on any atom is -0.459 e. The number of rotatable bonds is 0. The maximum atomic E-state index is 10.3. The zero-order chi connectivity index (χ0) is 7.28. The fourth-order valence-electron chi connectivity index (χ4n) is 0.209. The van der Waals surface area contributed by atoms with Gasteiger partial charge in [-0.3, -0.25) is 0 Å². The molecule has 0 N–H and O–H groups in total. The molecule has 0 spiro atoms. The molecule has 0 aliphatic heterocycles. The molecular weight excluding hydrogens is 140 g/mol. The first-order chi connectivity index (χ1) is 4.16. The number of alkyl halides is 1. The molecule has 2 nitrogen and oxygen atoms in total. The van der Waals surface area contributed by atoms with Gasteiger partial charge in [0.05, 0.1) is 12.5 Å². The van der Waals surface area contributed by atoms with E-state index in [9.17, 15) is 4.79 Å². The highest BCUT2D eigenvalue weighted by Crippen LogP contribution is 1.87. The average Bonchev–Trinajstić information content (AvgIpc) is 1.83. The van der Waals surface area contributed by atoms with E-state index in [1.807, 2.05) is 0 Å². The number of esters is 1. The first-order valence-electron chi connectivity index (χ1n) is 2.40. The van der Waals surface area contributed by atoms with Gasteiger partial charge in [0.1, 0.15) is 0 Å². The van der Waals surface area contributed by atoms with Crippen LogP contribution < -0.4 is 0 Å². The molecule has 0 rings (SSSR count). The summed E-state index contributed by atoms with van der Waals surface area (Å²) in [5.41, 5.74) is 0. The third-order valence-corrected chi connectivity index (χ3v) is 0.668. The predicted octanol–water partition coefficient (Wildman–Crippen LogP) is 0.790.